The molecule has 0 rings (SSSR count). The van der Waals surface area contributed by atoms with Crippen LogP contribution >= 0.6 is 0 Å². The van der Waals surface area contributed by atoms with Gasteiger partial charge in [0, 0.05) is 12.3 Å². The lowest BCUT2D eigenvalue weighted by atomic mass is 10.2. The summed E-state index contributed by atoms with van der Waals surface area (Å²) in [5, 5.41) is 8.04. The summed E-state index contributed by atoms with van der Waals surface area (Å²) >= 11 is 0. The third-order valence-corrected chi connectivity index (χ3v) is 0.917. The number of nitrogens with two attached hydrogens (primary N) is 1. The summed E-state index contributed by atoms with van der Waals surface area (Å²) in [5.41, 5.74) is 5.12. The Balaban J connectivity index is 3.71. The summed E-state index contributed by atoms with van der Waals surface area (Å²) in [6, 6.07) is 0. The van der Waals surface area contributed by atoms with Crippen molar-refractivity contribution >= 4 is 11.8 Å². The molecule has 0 aliphatic carbocycles. The van der Waals surface area contributed by atoms with Crippen molar-refractivity contribution in [2.75, 3.05) is 6.54 Å². The Morgan fingerprint density at radius 2 is 2.00 bits per heavy atom. The van der Waals surface area contributed by atoms with Crippen molar-refractivity contribution < 1.29 is 14.7 Å². The fourth-order valence-electron chi connectivity index (χ4n) is 0.448. The van der Waals surface area contributed by atoms with Crippen LogP contribution in [0.4, 0.5) is 0 Å². The van der Waals surface area contributed by atoms with Gasteiger partial charge in [-0.05, 0) is 18.9 Å². The summed E-state index contributed by atoms with van der Waals surface area (Å²) < 4.78 is 0. The van der Waals surface area contributed by atoms with Crippen molar-refractivity contribution in [3.8, 4) is 11.8 Å². The van der Waals surface area contributed by atoms with E-state index in [0.29, 0.717) is 13.0 Å². The number of hydrogen-bond acceptors (Lipinski definition) is 3. The average Bonchev–Trinajstić information content (AvgIpc) is 1.97. The Labute approximate surface area is 64.4 Å². The zero-order valence-electron chi connectivity index (χ0n) is 5.96. The summed E-state index contributed by atoms with van der Waals surface area (Å²) in [7, 11) is 0. The van der Waals surface area contributed by atoms with E-state index in [-0.39, 0.29) is 12.2 Å². The Morgan fingerprint density at radius 3 is 2.45 bits per heavy atom. The van der Waals surface area contributed by atoms with Crippen LogP contribution in [-0.2, 0) is 9.59 Å². The number of carbonyl (C=O) groups excluding carboxylic acids is 1. The van der Waals surface area contributed by atoms with Gasteiger partial charge in [-0.15, -0.1) is 0 Å². The normalized spacial score (nSPS) is 8.09. The van der Waals surface area contributed by atoms with E-state index < -0.39 is 5.97 Å². The number of carboxylic acids is 1. The minimum Gasteiger partial charge on any atom is -0.472 e. The first kappa shape index (κ1) is 9.66. The number of carboxylic acid groups (broad SMARTS) is 1. The minimum atomic E-state index is -1.29. The highest BCUT2D eigenvalue weighted by Crippen LogP contribution is 1.85. The van der Waals surface area contributed by atoms with E-state index >= 15 is 0 Å². The number of aliphatic carboxylic acids is 1. The molecule has 0 saturated carbocycles. The summed E-state index contributed by atoms with van der Waals surface area (Å²) in [4.78, 5) is 20.4. The van der Waals surface area contributed by atoms with Crippen LogP contribution in [0, 0.1) is 11.8 Å². The third kappa shape index (κ3) is 6.55. The molecule has 0 fully saturated rings. The largest absolute Gasteiger partial charge is 0.472 e. The van der Waals surface area contributed by atoms with Gasteiger partial charge in [-0.25, -0.2) is 4.79 Å². The van der Waals surface area contributed by atoms with Crippen molar-refractivity contribution in [2.24, 2.45) is 5.73 Å². The second-order valence-corrected chi connectivity index (χ2v) is 1.87. The third-order valence-electron chi connectivity index (χ3n) is 0.917. The number of rotatable bonds is 3. The van der Waals surface area contributed by atoms with E-state index in [4.69, 9.17) is 10.8 Å². The molecule has 0 aromatic carbocycles. The van der Waals surface area contributed by atoms with Crippen molar-refractivity contribution in [3.05, 3.63) is 0 Å². The minimum absolute atomic E-state index is 0.233. The van der Waals surface area contributed by atoms with E-state index in [1.807, 2.05) is 5.92 Å². The smallest absolute Gasteiger partial charge is 0.382 e. The first-order chi connectivity index (χ1) is 5.16. The van der Waals surface area contributed by atoms with Crippen LogP contribution < -0.4 is 5.73 Å². The molecule has 0 aliphatic heterocycles. The van der Waals surface area contributed by atoms with Gasteiger partial charge in [0.15, 0.2) is 0 Å². The number of hydrogen-bond donors (Lipinski definition) is 2. The zero-order valence-corrected chi connectivity index (χ0v) is 5.96. The van der Waals surface area contributed by atoms with E-state index in [0.717, 1.165) is 0 Å². The van der Waals surface area contributed by atoms with Crippen molar-refractivity contribution in [2.45, 2.75) is 12.8 Å². The molecule has 0 bridgehead atoms. The van der Waals surface area contributed by atoms with Gasteiger partial charge in [-0.3, -0.25) is 4.79 Å². The molecule has 0 unspecified atom stereocenters. The molecular formula is C7H9NO3. The maximum Gasteiger partial charge on any atom is 0.382 e. The van der Waals surface area contributed by atoms with Gasteiger partial charge in [0.1, 0.15) is 0 Å². The first-order valence-corrected chi connectivity index (χ1v) is 3.14. The lowest BCUT2D eigenvalue weighted by Crippen LogP contribution is -2.03. The molecule has 0 spiro atoms. The average molecular weight is 155 g/mol. The fourth-order valence-corrected chi connectivity index (χ4v) is 0.448. The standard InChI is InChI=1S/C7H9NO3/c8-5-1-2-6(9)3-4-7(10)11/h1-2,5,8H2,(H,10,11). The van der Waals surface area contributed by atoms with Gasteiger partial charge in [-0.1, -0.05) is 0 Å². The van der Waals surface area contributed by atoms with Crippen LogP contribution in [-0.4, -0.2) is 23.4 Å². The molecule has 0 radical (unpaired) electrons. The summed E-state index contributed by atoms with van der Waals surface area (Å²) in [5.74, 6) is 2.04. The Hall–Kier alpha value is -1.34. The van der Waals surface area contributed by atoms with E-state index in [9.17, 15) is 9.59 Å². The van der Waals surface area contributed by atoms with Crippen LogP contribution in [0.15, 0.2) is 0 Å². The molecule has 0 atom stereocenters. The zero-order chi connectivity index (χ0) is 8.69. The number of carbonyl (C=O) groups is 2. The van der Waals surface area contributed by atoms with Gasteiger partial charge in [0.25, 0.3) is 0 Å². The van der Waals surface area contributed by atoms with Crippen LogP contribution in [0.1, 0.15) is 12.8 Å². The molecule has 4 heteroatoms. The predicted octanol–water partition coefficient (Wildman–Crippen LogP) is -0.618. The van der Waals surface area contributed by atoms with Gasteiger partial charge in [-0.2, -0.15) is 0 Å². The van der Waals surface area contributed by atoms with Crippen LogP contribution in [0.2, 0.25) is 0 Å². The summed E-state index contributed by atoms with van der Waals surface area (Å²) in [6.45, 7) is 0.417. The molecule has 4 nitrogen and oxygen atoms in total. The highest BCUT2D eigenvalue weighted by molar-refractivity contribution is 6.01. The second-order valence-electron chi connectivity index (χ2n) is 1.87. The highest BCUT2D eigenvalue weighted by atomic mass is 16.4. The quantitative estimate of drug-likeness (QED) is 0.420. The SMILES string of the molecule is NCCCC(=O)C#CC(=O)O. The van der Waals surface area contributed by atoms with E-state index in [1.54, 1.807) is 5.92 Å². The van der Waals surface area contributed by atoms with Crippen molar-refractivity contribution in [1.29, 1.82) is 0 Å². The van der Waals surface area contributed by atoms with E-state index in [2.05, 4.69) is 0 Å². The van der Waals surface area contributed by atoms with Crippen molar-refractivity contribution in [1.82, 2.24) is 0 Å². The molecule has 0 heterocycles. The fraction of sp³-hybridized carbons (Fsp3) is 0.429. The van der Waals surface area contributed by atoms with E-state index in [1.165, 1.54) is 0 Å². The van der Waals surface area contributed by atoms with Crippen LogP contribution in [0.5, 0.6) is 0 Å². The van der Waals surface area contributed by atoms with Gasteiger partial charge in [0.05, 0.1) is 0 Å². The van der Waals surface area contributed by atoms with Gasteiger partial charge >= 0.3 is 5.97 Å². The highest BCUT2D eigenvalue weighted by Gasteiger charge is 1.95. The predicted molar refractivity (Wildman–Crippen MR) is 38.7 cm³/mol. The topological polar surface area (TPSA) is 80.4 Å². The molecule has 0 aromatic rings. The van der Waals surface area contributed by atoms with Gasteiger partial charge < -0.3 is 10.8 Å². The molecule has 0 amide bonds. The monoisotopic (exact) mass is 155 g/mol. The lowest BCUT2D eigenvalue weighted by molar-refractivity contribution is -0.130. The van der Waals surface area contributed by atoms with Crippen molar-refractivity contribution in [3.63, 3.8) is 0 Å². The Bertz CT molecular complexity index is 211. The van der Waals surface area contributed by atoms with Crippen LogP contribution in [0.25, 0.3) is 0 Å². The molecule has 60 valence electrons. The Kier molecular flexibility index (Phi) is 4.78. The molecule has 0 aromatic heterocycles. The summed E-state index contributed by atoms with van der Waals surface area (Å²) in [6.07, 6.45) is 0.782. The molecule has 3 N–H and O–H groups in total. The Morgan fingerprint density at radius 1 is 1.36 bits per heavy atom. The maximum atomic E-state index is 10.6. The molecule has 0 saturated heterocycles. The number of Topliss-reactive ketones (excluding diaryl/α,β-unsaturated/α-hetero) is 1. The lowest BCUT2D eigenvalue weighted by Gasteiger charge is -1.87. The van der Waals surface area contributed by atoms with Gasteiger partial charge in [0.2, 0.25) is 5.78 Å². The second kappa shape index (κ2) is 5.45. The maximum absolute atomic E-state index is 10.6. The molecular weight excluding hydrogens is 146 g/mol. The number of ketones is 1. The molecule has 0 aliphatic rings. The first-order valence-electron chi connectivity index (χ1n) is 3.14. The van der Waals surface area contributed by atoms with Crippen LogP contribution in [0.3, 0.4) is 0 Å². The molecule has 11 heavy (non-hydrogen) atoms.